The Bertz CT molecular complexity index is 402. The van der Waals surface area contributed by atoms with E-state index in [0.29, 0.717) is 11.6 Å². The molecule has 1 amide bonds. The number of benzene rings is 1. The van der Waals surface area contributed by atoms with Crippen molar-refractivity contribution < 1.29 is 4.79 Å². The van der Waals surface area contributed by atoms with E-state index < -0.39 is 0 Å². The predicted octanol–water partition coefficient (Wildman–Crippen LogP) is 2.03. The maximum Gasteiger partial charge on any atom is 0.244 e. The third kappa shape index (κ3) is 5.52. The first-order valence-corrected chi connectivity index (χ1v) is 5.82. The lowest BCUT2D eigenvalue weighted by atomic mass is 10.2. The van der Waals surface area contributed by atoms with E-state index in [-0.39, 0.29) is 5.91 Å². The molecule has 0 spiro atoms. The van der Waals surface area contributed by atoms with Crippen molar-refractivity contribution in [2.75, 3.05) is 27.2 Å². The predicted molar refractivity (Wildman–Crippen MR) is 72.0 cm³/mol. The summed E-state index contributed by atoms with van der Waals surface area (Å²) < 4.78 is 0. The SMILES string of the molecule is CN(C)CCNC(=O)/C=C/c1ccccc1Cl. The molecule has 0 atom stereocenters. The number of carbonyl (C=O) groups excluding carboxylic acids is 1. The molecule has 0 saturated heterocycles. The summed E-state index contributed by atoms with van der Waals surface area (Å²) in [5, 5.41) is 3.44. The van der Waals surface area contributed by atoms with Crippen LogP contribution in [0.1, 0.15) is 5.56 Å². The molecule has 0 aliphatic rings. The van der Waals surface area contributed by atoms with E-state index in [1.165, 1.54) is 6.08 Å². The topological polar surface area (TPSA) is 32.3 Å². The highest BCUT2D eigenvalue weighted by Crippen LogP contribution is 2.15. The third-order valence-corrected chi connectivity index (χ3v) is 2.52. The second kappa shape index (κ2) is 7.09. The standard InChI is InChI=1S/C13H17ClN2O/c1-16(2)10-9-15-13(17)8-7-11-5-3-4-6-12(11)14/h3-8H,9-10H2,1-2H3,(H,15,17)/b8-7+. The van der Waals surface area contributed by atoms with Crippen LogP contribution in [0.3, 0.4) is 0 Å². The van der Waals surface area contributed by atoms with Crippen molar-refractivity contribution in [3.05, 3.63) is 40.9 Å². The number of likely N-dealkylation sites (N-methyl/N-ethyl adjacent to an activating group) is 1. The molecule has 3 nitrogen and oxygen atoms in total. The van der Waals surface area contributed by atoms with Crippen LogP contribution >= 0.6 is 11.6 Å². The molecular weight excluding hydrogens is 236 g/mol. The van der Waals surface area contributed by atoms with Gasteiger partial charge in [-0.2, -0.15) is 0 Å². The highest BCUT2D eigenvalue weighted by Gasteiger charge is 1.97. The van der Waals surface area contributed by atoms with Gasteiger partial charge in [0.05, 0.1) is 0 Å². The molecule has 0 radical (unpaired) electrons. The first-order chi connectivity index (χ1) is 8.09. The second-order valence-corrected chi connectivity index (χ2v) is 4.36. The third-order valence-electron chi connectivity index (χ3n) is 2.18. The summed E-state index contributed by atoms with van der Waals surface area (Å²) in [4.78, 5) is 13.5. The molecule has 92 valence electrons. The lowest BCUT2D eigenvalue weighted by Gasteiger charge is -2.08. The van der Waals surface area contributed by atoms with Gasteiger partial charge < -0.3 is 10.2 Å². The minimum atomic E-state index is -0.105. The van der Waals surface area contributed by atoms with Crippen LogP contribution in [0.5, 0.6) is 0 Å². The van der Waals surface area contributed by atoms with Crippen LogP contribution < -0.4 is 5.32 Å². The monoisotopic (exact) mass is 252 g/mol. The zero-order chi connectivity index (χ0) is 12.7. The lowest BCUT2D eigenvalue weighted by Crippen LogP contribution is -2.30. The summed E-state index contributed by atoms with van der Waals surface area (Å²) in [6.07, 6.45) is 3.21. The van der Waals surface area contributed by atoms with Gasteiger partial charge in [0.25, 0.3) is 0 Å². The molecule has 1 N–H and O–H groups in total. The molecule has 17 heavy (non-hydrogen) atoms. The fraction of sp³-hybridized carbons (Fsp3) is 0.308. The van der Waals surface area contributed by atoms with Crippen LogP contribution in [0.4, 0.5) is 0 Å². The van der Waals surface area contributed by atoms with Crippen LogP contribution in [0.2, 0.25) is 5.02 Å². The highest BCUT2D eigenvalue weighted by atomic mass is 35.5. The lowest BCUT2D eigenvalue weighted by molar-refractivity contribution is -0.116. The molecule has 0 unspecified atom stereocenters. The number of carbonyl (C=O) groups is 1. The van der Waals surface area contributed by atoms with Crippen molar-refractivity contribution >= 4 is 23.6 Å². The van der Waals surface area contributed by atoms with Gasteiger partial charge in [-0.3, -0.25) is 4.79 Å². The Kier molecular flexibility index (Phi) is 5.73. The van der Waals surface area contributed by atoms with Gasteiger partial charge in [0.1, 0.15) is 0 Å². The summed E-state index contributed by atoms with van der Waals surface area (Å²) in [7, 11) is 3.93. The van der Waals surface area contributed by atoms with Gasteiger partial charge in [0.15, 0.2) is 0 Å². The van der Waals surface area contributed by atoms with Crippen molar-refractivity contribution in [2.24, 2.45) is 0 Å². The highest BCUT2D eigenvalue weighted by molar-refractivity contribution is 6.32. The number of rotatable bonds is 5. The number of nitrogens with one attached hydrogen (secondary N) is 1. The van der Waals surface area contributed by atoms with E-state index in [1.807, 2.05) is 37.2 Å². The number of nitrogens with zero attached hydrogens (tertiary/aromatic N) is 1. The van der Waals surface area contributed by atoms with E-state index >= 15 is 0 Å². The maximum absolute atomic E-state index is 11.4. The molecule has 0 aromatic heterocycles. The summed E-state index contributed by atoms with van der Waals surface area (Å²) in [6.45, 7) is 1.46. The largest absolute Gasteiger partial charge is 0.351 e. The normalized spacial score (nSPS) is 11.1. The van der Waals surface area contributed by atoms with Crippen molar-refractivity contribution in [1.82, 2.24) is 10.2 Å². The molecule has 0 saturated carbocycles. The summed E-state index contributed by atoms with van der Waals surface area (Å²) in [5.41, 5.74) is 0.844. The molecule has 0 fully saturated rings. The summed E-state index contributed by atoms with van der Waals surface area (Å²) in [5.74, 6) is -0.105. The Morgan fingerprint density at radius 1 is 1.41 bits per heavy atom. The fourth-order valence-electron chi connectivity index (χ4n) is 1.24. The molecule has 1 aromatic carbocycles. The second-order valence-electron chi connectivity index (χ2n) is 3.95. The molecular formula is C13H17ClN2O. The van der Waals surface area contributed by atoms with Crippen molar-refractivity contribution in [1.29, 1.82) is 0 Å². The smallest absolute Gasteiger partial charge is 0.244 e. The summed E-state index contributed by atoms with van der Waals surface area (Å²) >= 11 is 5.96. The van der Waals surface area contributed by atoms with E-state index in [4.69, 9.17) is 11.6 Å². The first-order valence-electron chi connectivity index (χ1n) is 5.45. The number of amides is 1. The molecule has 0 aliphatic carbocycles. The van der Waals surface area contributed by atoms with Crippen molar-refractivity contribution in [2.45, 2.75) is 0 Å². The van der Waals surface area contributed by atoms with E-state index in [9.17, 15) is 4.79 Å². The Labute approximate surface area is 107 Å². The van der Waals surface area contributed by atoms with Gasteiger partial charge in [-0.1, -0.05) is 29.8 Å². The van der Waals surface area contributed by atoms with E-state index in [2.05, 4.69) is 5.32 Å². The Morgan fingerprint density at radius 2 is 2.12 bits per heavy atom. The minimum absolute atomic E-state index is 0.105. The van der Waals surface area contributed by atoms with Crippen LogP contribution in [-0.2, 0) is 4.79 Å². The van der Waals surface area contributed by atoms with Gasteiger partial charge in [-0.25, -0.2) is 0 Å². The van der Waals surface area contributed by atoms with Gasteiger partial charge in [0.2, 0.25) is 5.91 Å². The Morgan fingerprint density at radius 3 is 2.76 bits per heavy atom. The Balaban J connectivity index is 2.43. The van der Waals surface area contributed by atoms with E-state index in [0.717, 1.165) is 12.1 Å². The zero-order valence-electron chi connectivity index (χ0n) is 10.1. The van der Waals surface area contributed by atoms with E-state index in [1.54, 1.807) is 12.1 Å². The van der Waals surface area contributed by atoms with Gasteiger partial charge in [-0.05, 0) is 31.8 Å². The minimum Gasteiger partial charge on any atom is -0.351 e. The van der Waals surface area contributed by atoms with Crippen LogP contribution in [0, 0.1) is 0 Å². The molecule has 0 heterocycles. The van der Waals surface area contributed by atoms with Gasteiger partial charge >= 0.3 is 0 Å². The maximum atomic E-state index is 11.4. The van der Waals surface area contributed by atoms with Crippen LogP contribution in [-0.4, -0.2) is 38.0 Å². The summed E-state index contributed by atoms with van der Waals surface area (Å²) in [6, 6.07) is 7.41. The first kappa shape index (κ1) is 13.7. The van der Waals surface area contributed by atoms with Crippen LogP contribution in [0.25, 0.3) is 6.08 Å². The number of hydrogen-bond acceptors (Lipinski definition) is 2. The average molecular weight is 253 g/mol. The molecule has 1 aromatic rings. The van der Waals surface area contributed by atoms with Gasteiger partial charge in [0, 0.05) is 24.2 Å². The molecule has 1 rings (SSSR count). The van der Waals surface area contributed by atoms with Crippen molar-refractivity contribution in [3.63, 3.8) is 0 Å². The average Bonchev–Trinajstić information content (AvgIpc) is 2.27. The Hall–Kier alpha value is -1.32. The number of halogens is 1. The quantitative estimate of drug-likeness (QED) is 0.814. The molecule has 0 bridgehead atoms. The number of hydrogen-bond donors (Lipinski definition) is 1. The fourth-order valence-corrected chi connectivity index (χ4v) is 1.44. The van der Waals surface area contributed by atoms with Crippen molar-refractivity contribution in [3.8, 4) is 0 Å². The van der Waals surface area contributed by atoms with Gasteiger partial charge in [-0.15, -0.1) is 0 Å². The molecule has 4 heteroatoms. The molecule has 0 aliphatic heterocycles. The van der Waals surface area contributed by atoms with Crippen LogP contribution in [0.15, 0.2) is 30.3 Å². The zero-order valence-corrected chi connectivity index (χ0v) is 10.9.